The number of fused-ring (bicyclic) bond motifs is 2. The van der Waals surface area contributed by atoms with Crippen LogP contribution in [0.4, 0.5) is 5.69 Å². The summed E-state index contributed by atoms with van der Waals surface area (Å²) in [4.78, 5) is 0. The maximum absolute atomic E-state index is 6.99. The Morgan fingerprint density at radius 3 is 1.56 bits per heavy atom. The Balaban J connectivity index is 0.000000187. The summed E-state index contributed by atoms with van der Waals surface area (Å²) in [6.45, 7) is 33.5. The highest BCUT2D eigenvalue weighted by atomic mass is 16.5. The Bertz CT molecular complexity index is 3230. The monoisotopic (exact) mass is 1300 g/mol. The molecule has 0 heterocycles. The highest BCUT2D eigenvalue weighted by molar-refractivity contribution is 5.91. The number of hydrogen-bond donors (Lipinski definition) is 6. The van der Waals surface area contributed by atoms with E-state index in [1.54, 1.807) is 7.11 Å². The average Bonchev–Trinajstić information content (AvgIpc) is 0.768. The van der Waals surface area contributed by atoms with Crippen LogP contribution in [0.15, 0.2) is 193 Å². The van der Waals surface area contributed by atoms with E-state index in [-0.39, 0.29) is 17.5 Å². The van der Waals surface area contributed by atoms with E-state index in [0.29, 0.717) is 53.0 Å². The first-order chi connectivity index (χ1) is 45.6. The molecule has 0 saturated heterocycles. The van der Waals surface area contributed by atoms with Gasteiger partial charge >= 0.3 is 0 Å². The first kappa shape index (κ1) is 78.9. The van der Waals surface area contributed by atoms with Crippen LogP contribution in [0.1, 0.15) is 238 Å². The van der Waals surface area contributed by atoms with Gasteiger partial charge in [-0.05, 0) is 154 Å². The fraction of sp³-hybridized carbons (Fsp3) is 0.528. The molecular formula is C89H132N6O. The number of benzene rings is 6. The molecule has 7 heteroatoms. The second-order valence-corrected chi connectivity index (χ2v) is 32.0. The Kier molecular flexibility index (Phi) is 31.1. The van der Waals surface area contributed by atoms with Gasteiger partial charge in [-0.1, -0.05) is 329 Å². The van der Waals surface area contributed by atoms with Gasteiger partial charge in [0.05, 0.1) is 12.6 Å². The maximum atomic E-state index is 6.99. The molecule has 6 aromatic carbocycles. The lowest BCUT2D eigenvalue weighted by atomic mass is 9.70. The lowest BCUT2D eigenvalue weighted by Crippen LogP contribution is -2.46. The highest BCUT2D eigenvalue weighted by Crippen LogP contribution is 2.47. The molecule has 524 valence electrons. The Hall–Kier alpha value is -6.06. The summed E-state index contributed by atoms with van der Waals surface area (Å²) >= 11 is 0. The number of hydrogen-bond acceptors (Lipinski definition) is 7. The molecule has 0 amide bonds. The number of allylic oxidation sites excluding steroid dienone is 8. The van der Waals surface area contributed by atoms with E-state index in [9.17, 15) is 0 Å². The molecule has 0 radical (unpaired) electrons. The first-order valence-corrected chi connectivity index (χ1v) is 37.2. The minimum absolute atomic E-state index is 0.0589. The Labute approximate surface area is 585 Å². The van der Waals surface area contributed by atoms with E-state index in [0.717, 1.165) is 46.2 Å². The van der Waals surface area contributed by atoms with E-state index >= 15 is 0 Å². The number of rotatable bonds is 13. The smallest absolute Gasteiger partial charge is 0.118 e. The van der Waals surface area contributed by atoms with Crippen molar-refractivity contribution in [3.63, 3.8) is 0 Å². The molecule has 3 saturated carbocycles. The normalized spacial score (nSPS) is 21.7. The van der Waals surface area contributed by atoms with Crippen LogP contribution < -0.4 is 39.1 Å². The van der Waals surface area contributed by atoms with Gasteiger partial charge in [-0.2, -0.15) is 0 Å². The molecule has 11 rings (SSSR count). The van der Waals surface area contributed by atoms with E-state index in [1.165, 1.54) is 134 Å². The molecule has 12 N–H and O–H groups in total. The SMILES string of the molecule is CC1=CC=C2C=CC=CC2[C@H]1c1c(N)ccc2ccccc12.COc1ccc(C(N)(c2ccc(C)cc2)[C@@H](C)C(C)C)cc1.C[C@@H](C1CCCCC1)[C@@H](N)C1CCCCC1.C[C@@H](c1ccccc1)C(N)c1ccccc1.C[C@@H]1CCCC[C@H]1N.C[C@H]([C@@H](N)C(C)(C)C)C(C)(C)C. The number of aryl methyl sites for hydroxylation is 1. The third-order valence-electron chi connectivity index (χ3n) is 22.9. The summed E-state index contributed by atoms with van der Waals surface area (Å²) in [5, 5.41) is 2.52. The van der Waals surface area contributed by atoms with Crippen LogP contribution >= 0.6 is 0 Å². The summed E-state index contributed by atoms with van der Waals surface area (Å²) in [5.41, 5.74) is 49.1. The predicted octanol–water partition coefficient (Wildman–Crippen LogP) is 21.8. The van der Waals surface area contributed by atoms with E-state index in [4.69, 9.17) is 39.1 Å². The lowest BCUT2D eigenvalue weighted by molar-refractivity contribution is 0.145. The molecule has 5 aliphatic carbocycles. The topological polar surface area (TPSA) is 165 Å². The number of methoxy groups -OCH3 is 1. The third-order valence-corrected chi connectivity index (χ3v) is 22.9. The Morgan fingerprint density at radius 1 is 0.531 bits per heavy atom. The van der Waals surface area contributed by atoms with Crippen molar-refractivity contribution in [2.75, 3.05) is 12.8 Å². The molecule has 0 spiro atoms. The van der Waals surface area contributed by atoms with Crippen molar-refractivity contribution in [2.24, 2.45) is 86.8 Å². The number of nitrogen functional groups attached to an aromatic ring is 1. The van der Waals surface area contributed by atoms with Crippen molar-refractivity contribution >= 4 is 16.5 Å². The average molecular weight is 1300 g/mol. The van der Waals surface area contributed by atoms with Crippen LogP contribution in [-0.2, 0) is 5.54 Å². The van der Waals surface area contributed by atoms with Crippen LogP contribution in [0.2, 0.25) is 0 Å². The zero-order chi connectivity index (χ0) is 70.3. The van der Waals surface area contributed by atoms with Crippen LogP contribution in [0.5, 0.6) is 5.75 Å². The molecule has 0 bridgehead atoms. The molecule has 5 aliphatic rings. The van der Waals surface area contributed by atoms with Gasteiger partial charge in [-0.3, -0.25) is 0 Å². The zero-order valence-corrected chi connectivity index (χ0v) is 62.7. The van der Waals surface area contributed by atoms with Gasteiger partial charge in [0, 0.05) is 47.6 Å². The molecule has 3 unspecified atom stereocenters. The van der Waals surface area contributed by atoms with E-state index in [1.807, 2.05) is 42.5 Å². The summed E-state index contributed by atoms with van der Waals surface area (Å²) < 4.78 is 5.27. The van der Waals surface area contributed by atoms with Gasteiger partial charge in [0.15, 0.2) is 0 Å². The molecule has 96 heavy (non-hydrogen) atoms. The van der Waals surface area contributed by atoms with E-state index < -0.39 is 5.54 Å². The van der Waals surface area contributed by atoms with Crippen molar-refractivity contribution in [1.29, 1.82) is 0 Å². The lowest BCUT2D eigenvalue weighted by Gasteiger charge is -2.39. The molecule has 0 aromatic heterocycles. The summed E-state index contributed by atoms with van der Waals surface area (Å²) in [6, 6.07) is 51.4. The van der Waals surface area contributed by atoms with Crippen molar-refractivity contribution in [1.82, 2.24) is 0 Å². The summed E-state index contributed by atoms with van der Waals surface area (Å²) in [6.07, 6.45) is 32.9. The standard InChI is InChI=1S/C21H19N.C20H27NO.C15H29N.C15H17N.C11H25N.C7H15N/c1-14-10-11-15-6-2-4-8-17(15)20(14)21-18-9-5-3-7-16(18)12-13-19(21)22;1-14(2)16(4)20(21,17-8-6-15(3)7-9-17)18-10-12-19(22-5)13-11-18;2*1-12(13-8-4-2-5-9-13)15(16)14-10-6-3-7-11-14;1-8(10(2,3)4)9(12)11(5,6)7;1-6-4-2-3-5-7(6)8/h2-13,17,20H,22H2,1H3;6-14,16H,21H2,1-5H3;12-15H,2-11,16H2,1H3;2-12,15H,16H2,1H3;8-9H,12H2,1-7H3;6-7H,2-5,8H2,1H3/t17?,20-;16-,20?;12-,15+;12-,15?;8-,9-;6-,7-/m000011/s1. The largest absolute Gasteiger partial charge is 0.497 e. The van der Waals surface area contributed by atoms with Gasteiger partial charge in [0.2, 0.25) is 0 Å². The summed E-state index contributed by atoms with van der Waals surface area (Å²) in [5.74, 6) is 6.55. The van der Waals surface area contributed by atoms with Crippen LogP contribution in [-0.4, -0.2) is 25.2 Å². The zero-order valence-electron chi connectivity index (χ0n) is 62.7. The predicted molar refractivity (Wildman–Crippen MR) is 418 cm³/mol. The van der Waals surface area contributed by atoms with Crippen LogP contribution in [0.25, 0.3) is 10.8 Å². The van der Waals surface area contributed by atoms with Crippen LogP contribution in [0.3, 0.4) is 0 Å². The molecule has 0 aliphatic heterocycles. The molecular weight excluding hydrogens is 1170 g/mol. The van der Waals surface area contributed by atoms with Gasteiger partial charge in [-0.15, -0.1) is 0 Å². The minimum atomic E-state index is -0.506. The van der Waals surface area contributed by atoms with Crippen molar-refractivity contribution < 1.29 is 4.74 Å². The van der Waals surface area contributed by atoms with Crippen molar-refractivity contribution in [2.45, 2.75) is 235 Å². The first-order valence-electron chi connectivity index (χ1n) is 37.2. The fourth-order valence-electron chi connectivity index (χ4n) is 15.1. The minimum Gasteiger partial charge on any atom is -0.497 e. The fourth-order valence-corrected chi connectivity index (χ4v) is 15.1. The van der Waals surface area contributed by atoms with Crippen LogP contribution in [0, 0.1) is 65.1 Å². The molecule has 3 fully saturated rings. The number of ether oxygens (including phenoxy) is 1. The molecule has 6 aromatic rings. The molecule has 12 atom stereocenters. The maximum Gasteiger partial charge on any atom is 0.118 e. The quantitative estimate of drug-likeness (QED) is 0.0627. The van der Waals surface area contributed by atoms with Crippen molar-refractivity contribution in [3.05, 3.63) is 227 Å². The van der Waals surface area contributed by atoms with Gasteiger partial charge in [0.1, 0.15) is 5.75 Å². The number of anilines is 1. The Morgan fingerprint density at radius 2 is 1.05 bits per heavy atom. The number of nitrogens with two attached hydrogens (primary N) is 6. The highest BCUT2D eigenvalue weighted by Gasteiger charge is 2.38. The van der Waals surface area contributed by atoms with Gasteiger partial charge < -0.3 is 39.1 Å². The second kappa shape index (κ2) is 37.8. The van der Waals surface area contributed by atoms with Gasteiger partial charge in [0.25, 0.3) is 0 Å². The third kappa shape index (κ3) is 22.2. The summed E-state index contributed by atoms with van der Waals surface area (Å²) in [7, 11) is 1.68. The van der Waals surface area contributed by atoms with Gasteiger partial charge in [-0.25, -0.2) is 0 Å². The van der Waals surface area contributed by atoms with E-state index in [2.05, 4.69) is 243 Å². The molecule has 7 nitrogen and oxygen atoms in total. The van der Waals surface area contributed by atoms with Crippen molar-refractivity contribution in [3.8, 4) is 5.75 Å². The second-order valence-electron chi connectivity index (χ2n) is 32.0.